The molecule has 20 heavy (non-hydrogen) atoms. The van der Waals surface area contributed by atoms with Gasteiger partial charge < -0.3 is 5.11 Å². The summed E-state index contributed by atoms with van der Waals surface area (Å²) in [7, 11) is 0. The van der Waals surface area contributed by atoms with E-state index in [1.807, 2.05) is 24.6 Å². The molecule has 0 fully saturated rings. The van der Waals surface area contributed by atoms with Gasteiger partial charge >= 0.3 is 0 Å². The van der Waals surface area contributed by atoms with Crippen molar-refractivity contribution >= 4 is 0 Å². The van der Waals surface area contributed by atoms with Crippen LogP contribution in [0.15, 0.2) is 30.3 Å². The van der Waals surface area contributed by atoms with E-state index < -0.39 is 12.5 Å². The topological polar surface area (TPSA) is 38.0 Å². The zero-order valence-corrected chi connectivity index (χ0v) is 11.6. The van der Waals surface area contributed by atoms with Crippen LogP contribution in [0.1, 0.15) is 42.0 Å². The van der Waals surface area contributed by atoms with Crippen LogP contribution in [0.3, 0.4) is 0 Å². The first-order chi connectivity index (χ1) is 9.51. The monoisotopic (exact) mass is 280 g/mol. The van der Waals surface area contributed by atoms with Crippen LogP contribution in [-0.2, 0) is 13.0 Å². The molecule has 0 saturated carbocycles. The molecule has 0 spiro atoms. The smallest absolute Gasteiger partial charge is 0.263 e. The summed E-state index contributed by atoms with van der Waals surface area (Å²) < 4.78 is 27.1. The van der Waals surface area contributed by atoms with Crippen molar-refractivity contribution in [1.82, 2.24) is 9.78 Å². The molecule has 2 aromatic rings. The lowest BCUT2D eigenvalue weighted by Gasteiger charge is -2.13. The van der Waals surface area contributed by atoms with E-state index >= 15 is 0 Å². The van der Waals surface area contributed by atoms with Crippen LogP contribution in [0.2, 0.25) is 0 Å². The summed E-state index contributed by atoms with van der Waals surface area (Å²) in [6, 6.07) is 7.83. The second kappa shape index (κ2) is 6.13. The van der Waals surface area contributed by atoms with Crippen molar-refractivity contribution in [1.29, 1.82) is 0 Å². The first kappa shape index (κ1) is 14.7. The van der Waals surface area contributed by atoms with Crippen molar-refractivity contribution in [3.05, 3.63) is 52.8 Å². The quantitative estimate of drug-likeness (QED) is 0.911. The Balaban J connectivity index is 2.19. The minimum absolute atomic E-state index is 0.0678. The van der Waals surface area contributed by atoms with Gasteiger partial charge in [-0.05, 0) is 31.5 Å². The molecule has 1 heterocycles. The highest BCUT2D eigenvalue weighted by Crippen LogP contribution is 2.24. The van der Waals surface area contributed by atoms with Crippen LogP contribution in [-0.4, -0.2) is 14.9 Å². The van der Waals surface area contributed by atoms with E-state index in [0.717, 1.165) is 11.4 Å². The van der Waals surface area contributed by atoms with Crippen molar-refractivity contribution in [2.75, 3.05) is 0 Å². The number of nitrogens with zero attached hydrogens (tertiary/aromatic N) is 2. The molecule has 5 heteroatoms. The Morgan fingerprint density at radius 3 is 2.60 bits per heavy atom. The van der Waals surface area contributed by atoms with Gasteiger partial charge in [-0.1, -0.05) is 18.2 Å². The standard InChI is InChI=1S/C15H18F2N2O/c1-3-19-13(7-10(2)18-19)9-14(20)11-5-4-6-12(8-11)15(16)17/h4-8,14-15,20H,3,9H2,1-2H3. The zero-order chi connectivity index (χ0) is 14.7. The lowest BCUT2D eigenvalue weighted by molar-refractivity contribution is 0.149. The normalized spacial score (nSPS) is 12.9. The predicted molar refractivity (Wildman–Crippen MR) is 72.7 cm³/mol. The highest BCUT2D eigenvalue weighted by atomic mass is 19.3. The molecule has 1 aromatic heterocycles. The maximum absolute atomic E-state index is 12.7. The molecule has 0 radical (unpaired) electrons. The third-order valence-electron chi connectivity index (χ3n) is 3.23. The van der Waals surface area contributed by atoms with E-state index in [0.29, 0.717) is 18.5 Å². The SMILES string of the molecule is CCn1nc(C)cc1CC(O)c1cccc(C(F)F)c1. The molecular formula is C15H18F2N2O. The Morgan fingerprint density at radius 2 is 1.95 bits per heavy atom. The number of aliphatic hydroxyl groups is 1. The lowest BCUT2D eigenvalue weighted by atomic mass is 10.0. The predicted octanol–water partition coefficient (Wildman–Crippen LogP) is 3.43. The van der Waals surface area contributed by atoms with E-state index in [9.17, 15) is 13.9 Å². The van der Waals surface area contributed by atoms with Crippen molar-refractivity contribution in [2.24, 2.45) is 0 Å². The van der Waals surface area contributed by atoms with Gasteiger partial charge in [-0.15, -0.1) is 0 Å². The number of benzene rings is 1. The fraction of sp³-hybridized carbons (Fsp3) is 0.400. The van der Waals surface area contributed by atoms with Gasteiger partial charge in [0.1, 0.15) is 0 Å². The summed E-state index contributed by atoms with van der Waals surface area (Å²) in [6.45, 7) is 4.58. The van der Waals surface area contributed by atoms with Crippen LogP contribution in [0, 0.1) is 6.92 Å². The minimum Gasteiger partial charge on any atom is -0.388 e. The fourth-order valence-corrected chi connectivity index (χ4v) is 2.26. The fourth-order valence-electron chi connectivity index (χ4n) is 2.26. The maximum Gasteiger partial charge on any atom is 0.263 e. The second-order valence-electron chi connectivity index (χ2n) is 4.78. The zero-order valence-electron chi connectivity index (χ0n) is 11.6. The Bertz CT molecular complexity index is 581. The number of hydrogen-bond donors (Lipinski definition) is 1. The van der Waals surface area contributed by atoms with Gasteiger partial charge in [-0.3, -0.25) is 4.68 Å². The molecule has 1 unspecified atom stereocenters. The molecular weight excluding hydrogens is 262 g/mol. The Morgan fingerprint density at radius 1 is 1.25 bits per heavy atom. The number of halogens is 2. The third-order valence-corrected chi connectivity index (χ3v) is 3.23. The van der Waals surface area contributed by atoms with Crippen LogP contribution < -0.4 is 0 Å². The Labute approximate surface area is 116 Å². The molecule has 2 rings (SSSR count). The van der Waals surface area contributed by atoms with Gasteiger partial charge in [-0.2, -0.15) is 5.10 Å². The highest BCUT2D eigenvalue weighted by molar-refractivity contribution is 5.27. The van der Waals surface area contributed by atoms with E-state index in [1.54, 1.807) is 12.1 Å². The number of aliphatic hydroxyl groups excluding tert-OH is 1. The van der Waals surface area contributed by atoms with Crippen LogP contribution in [0.4, 0.5) is 8.78 Å². The van der Waals surface area contributed by atoms with Gasteiger partial charge in [0.25, 0.3) is 6.43 Å². The van der Waals surface area contributed by atoms with E-state index in [1.165, 1.54) is 12.1 Å². The molecule has 0 saturated heterocycles. The summed E-state index contributed by atoms with van der Waals surface area (Å²) in [5.74, 6) is 0. The van der Waals surface area contributed by atoms with Crippen LogP contribution in [0.25, 0.3) is 0 Å². The molecule has 1 N–H and O–H groups in total. The van der Waals surface area contributed by atoms with Gasteiger partial charge in [0.15, 0.2) is 0 Å². The Hall–Kier alpha value is -1.75. The summed E-state index contributed by atoms with van der Waals surface area (Å²) in [4.78, 5) is 0. The molecule has 0 bridgehead atoms. The van der Waals surface area contributed by atoms with Crippen molar-refractivity contribution in [3.63, 3.8) is 0 Å². The molecule has 3 nitrogen and oxygen atoms in total. The Kier molecular flexibility index (Phi) is 4.49. The second-order valence-corrected chi connectivity index (χ2v) is 4.78. The summed E-state index contributed by atoms with van der Waals surface area (Å²) in [5.41, 5.74) is 2.22. The maximum atomic E-state index is 12.7. The number of aryl methyl sites for hydroxylation is 2. The van der Waals surface area contributed by atoms with Crippen LogP contribution >= 0.6 is 0 Å². The molecule has 1 aromatic carbocycles. The largest absolute Gasteiger partial charge is 0.388 e. The van der Waals surface area contributed by atoms with Gasteiger partial charge in [-0.25, -0.2) is 8.78 Å². The first-order valence-electron chi connectivity index (χ1n) is 6.60. The van der Waals surface area contributed by atoms with Gasteiger partial charge in [0, 0.05) is 24.2 Å². The molecule has 108 valence electrons. The average Bonchev–Trinajstić information content (AvgIpc) is 2.78. The molecule has 0 amide bonds. The first-order valence-corrected chi connectivity index (χ1v) is 6.60. The van der Waals surface area contributed by atoms with Gasteiger partial charge in [0.05, 0.1) is 11.8 Å². The average molecular weight is 280 g/mol. The van der Waals surface area contributed by atoms with Gasteiger partial charge in [0.2, 0.25) is 0 Å². The van der Waals surface area contributed by atoms with E-state index in [2.05, 4.69) is 5.10 Å². The van der Waals surface area contributed by atoms with Crippen LogP contribution in [0.5, 0.6) is 0 Å². The number of alkyl halides is 2. The molecule has 0 aliphatic heterocycles. The number of hydrogen-bond acceptors (Lipinski definition) is 2. The van der Waals surface area contributed by atoms with E-state index in [-0.39, 0.29) is 5.56 Å². The summed E-state index contributed by atoms with van der Waals surface area (Å²) in [5, 5.41) is 14.5. The third kappa shape index (κ3) is 3.22. The lowest BCUT2D eigenvalue weighted by Crippen LogP contribution is -2.08. The number of aromatic nitrogens is 2. The minimum atomic E-state index is -2.52. The summed E-state index contributed by atoms with van der Waals surface area (Å²) in [6.07, 6.45) is -2.97. The van der Waals surface area contributed by atoms with Crippen molar-refractivity contribution in [2.45, 2.75) is 39.3 Å². The number of rotatable bonds is 5. The molecule has 1 atom stereocenters. The van der Waals surface area contributed by atoms with Crippen molar-refractivity contribution < 1.29 is 13.9 Å². The summed E-state index contributed by atoms with van der Waals surface area (Å²) >= 11 is 0. The molecule has 0 aliphatic carbocycles. The molecule has 0 aliphatic rings. The van der Waals surface area contributed by atoms with E-state index in [4.69, 9.17) is 0 Å². The highest BCUT2D eigenvalue weighted by Gasteiger charge is 2.15. The van der Waals surface area contributed by atoms with Crippen molar-refractivity contribution in [3.8, 4) is 0 Å².